The highest BCUT2D eigenvalue weighted by Crippen LogP contribution is 2.58. The molecule has 6 heteroatoms. The number of esters is 1. The molecule has 0 N–H and O–H groups in total. The number of para-hydroxylation sites is 1. The van der Waals surface area contributed by atoms with E-state index in [0.29, 0.717) is 30.9 Å². The zero-order valence-electron chi connectivity index (χ0n) is 18.3. The maximum absolute atomic E-state index is 13.1. The van der Waals surface area contributed by atoms with Crippen LogP contribution in [-0.4, -0.2) is 37.9 Å². The van der Waals surface area contributed by atoms with Crippen molar-refractivity contribution in [1.82, 2.24) is 0 Å². The minimum absolute atomic E-state index is 0.149. The van der Waals surface area contributed by atoms with E-state index in [4.69, 9.17) is 14.5 Å². The first kappa shape index (κ1) is 20.5. The first-order valence-electron chi connectivity index (χ1n) is 10.9. The lowest BCUT2D eigenvalue weighted by molar-refractivity contribution is -0.136. The van der Waals surface area contributed by atoms with Gasteiger partial charge in [0, 0.05) is 23.6 Å². The topological polar surface area (TPSA) is 68.2 Å². The summed E-state index contributed by atoms with van der Waals surface area (Å²) in [5.41, 5.74) is 5.41. The number of anilines is 1. The van der Waals surface area contributed by atoms with Gasteiger partial charge in [-0.15, -0.1) is 0 Å². The van der Waals surface area contributed by atoms with Crippen molar-refractivity contribution < 1.29 is 19.1 Å². The maximum Gasteiger partial charge on any atom is 0.337 e. The average molecular weight is 431 g/mol. The third-order valence-electron chi connectivity index (χ3n) is 7.05. The number of carbonyl (C=O) groups is 2. The zero-order chi connectivity index (χ0) is 22.3. The number of aliphatic imine (C=N–C) groups is 1. The highest BCUT2D eigenvalue weighted by atomic mass is 16.5. The average Bonchev–Trinajstić information content (AvgIpc) is 3.31. The van der Waals surface area contributed by atoms with Crippen LogP contribution >= 0.6 is 0 Å². The van der Waals surface area contributed by atoms with E-state index in [0.717, 1.165) is 24.2 Å². The normalized spacial score (nSPS) is 25.6. The number of rotatable bonds is 6. The Kier molecular flexibility index (Phi) is 5.08. The van der Waals surface area contributed by atoms with Crippen molar-refractivity contribution in [2.24, 2.45) is 10.9 Å². The smallest absolute Gasteiger partial charge is 0.337 e. The lowest BCUT2D eigenvalue weighted by atomic mass is 9.69. The molecule has 3 atom stereocenters. The first-order chi connectivity index (χ1) is 15.6. The second-order valence-corrected chi connectivity index (χ2v) is 8.76. The molecule has 0 saturated heterocycles. The van der Waals surface area contributed by atoms with E-state index >= 15 is 0 Å². The Labute approximate surface area is 187 Å². The molecule has 3 aliphatic rings. The van der Waals surface area contributed by atoms with Gasteiger partial charge in [0.2, 0.25) is 0 Å². The van der Waals surface area contributed by atoms with Crippen molar-refractivity contribution in [3.05, 3.63) is 77.0 Å². The summed E-state index contributed by atoms with van der Waals surface area (Å²) >= 11 is 0. The predicted octanol–water partition coefficient (Wildman–Crippen LogP) is 3.80. The number of carbonyl (C=O) groups excluding carboxylic acids is 2. The standard InChI is InChI=1S/C26H26N2O4/c1-17-23(25(30)31-2)24-26(13-19(15-32-16-29)12-22(26)27-17)20-10-6-7-11-21(20)28(24)14-18-8-4-3-5-9-18/h3-11,16,19,24H,12-15H2,1-2H3/t19-,24-,26+/m0/s1. The number of hydrogen-bond donors (Lipinski definition) is 0. The minimum Gasteiger partial charge on any atom is -0.468 e. The summed E-state index contributed by atoms with van der Waals surface area (Å²) in [6.07, 6.45) is 1.50. The second kappa shape index (κ2) is 7.93. The zero-order valence-corrected chi connectivity index (χ0v) is 18.3. The summed E-state index contributed by atoms with van der Waals surface area (Å²) in [4.78, 5) is 31.2. The third-order valence-corrected chi connectivity index (χ3v) is 7.05. The van der Waals surface area contributed by atoms with Crippen LogP contribution in [-0.2, 0) is 31.0 Å². The van der Waals surface area contributed by atoms with Crippen molar-refractivity contribution in [1.29, 1.82) is 0 Å². The number of benzene rings is 2. The Morgan fingerprint density at radius 1 is 1.19 bits per heavy atom. The van der Waals surface area contributed by atoms with Crippen molar-refractivity contribution >= 4 is 23.8 Å². The molecule has 0 amide bonds. The minimum atomic E-state index is -0.439. The molecule has 6 nitrogen and oxygen atoms in total. The van der Waals surface area contributed by atoms with Crippen LogP contribution in [0.25, 0.3) is 0 Å². The Morgan fingerprint density at radius 3 is 2.69 bits per heavy atom. The number of hydrogen-bond acceptors (Lipinski definition) is 6. The van der Waals surface area contributed by atoms with Gasteiger partial charge in [0.25, 0.3) is 6.47 Å². The Bertz CT molecular complexity index is 1120. The molecule has 32 heavy (non-hydrogen) atoms. The Morgan fingerprint density at radius 2 is 1.94 bits per heavy atom. The van der Waals surface area contributed by atoms with Crippen LogP contribution in [0.15, 0.2) is 70.9 Å². The predicted molar refractivity (Wildman–Crippen MR) is 121 cm³/mol. The van der Waals surface area contributed by atoms with Crippen LogP contribution in [0.4, 0.5) is 5.69 Å². The third kappa shape index (κ3) is 2.97. The fourth-order valence-electron chi connectivity index (χ4n) is 5.92. The Balaban J connectivity index is 1.69. The number of ether oxygens (including phenoxy) is 2. The van der Waals surface area contributed by atoms with E-state index in [1.54, 1.807) is 0 Å². The number of allylic oxidation sites excluding steroid dienone is 1. The molecule has 1 saturated carbocycles. The van der Waals surface area contributed by atoms with Gasteiger partial charge in [0.1, 0.15) is 0 Å². The molecule has 0 aromatic heterocycles. The molecule has 164 valence electrons. The van der Waals surface area contributed by atoms with Crippen LogP contribution in [0.2, 0.25) is 0 Å². The van der Waals surface area contributed by atoms with Gasteiger partial charge in [-0.3, -0.25) is 9.79 Å². The highest BCUT2D eigenvalue weighted by molar-refractivity contribution is 6.08. The molecule has 1 fully saturated rings. The van der Waals surface area contributed by atoms with Gasteiger partial charge in [0.05, 0.1) is 30.7 Å². The van der Waals surface area contributed by atoms with Crippen molar-refractivity contribution in [2.45, 2.75) is 37.8 Å². The summed E-state index contributed by atoms with van der Waals surface area (Å²) in [5, 5.41) is 0. The summed E-state index contributed by atoms with van der Waals surface area (Å²) in [6, 6.07) is 18.4. The molecule has 1 aliphatic carbocycles. The summed E-state index contributed by atoms with van der Waals surface area (Å²) < 4.78 is 10.4. The molecule has 0 unspecified atom stereocenters. The van der Waals surface area contributed by atoms with Crippen LogP contribution in [0.3, 0.4) is 0 Å². The van der Waals surface area contributed by atoms with Gasteiger partial charge in [-0.05, 0) is 42.9 Å². The molecule has 5 rings (SSSR count). The molecule has 0 radical (unpaired) electrons. The lowest BCUT2D eigenvalue weighted by Gasteiger charge is -2.41. The van der Waals surface area contributed by atoms with Crippen LogP contribution in [0.5, 0.6) is 0 Å². The van der Waals surface area contributed by atoms with E-state index < -0.39 is 5.41 Å². The lowest BCUT2D eigenvalue weighted by Crippen LogP contribution is -2.52. The van der Waals surface area contributed by atoms with E-state index in [1.165, 1.54) is 18.2 Å². The second-order valence-electron chi connectivity index (χ2n) is 8.76. The van der Waals surface area contributed by atoms with Crippen molar-refractivity contribution in [3.8, 4) is 0 Å². The number of nitrogens with zero attached hydrogens (tertiary/aromatic N) is 2. The van der Waals surface area contributed by atoms with Crippen LogP contribution in [0.1, 0.15) is 30.9 Å². The molecule has 2 aromatic rings. The highest BCUT2D eigenvalue weighted by Gasteiger charge is 2.62. The van der Waals surface area contributed by atoms with E-state index in [-0.39, 0.29) is 17.9 Å². The maximum atomic E-state index is 13.1. The summed E-state index contributed by atoms with van der Waals surface area (Å²) in [6.45, 7) is 3.42. The van der Waals surface area contributed by atoms with Crippen LogP contribution in [0, 0.1) is 5.92 Å². The molecular formula is C26H26N2O4. The van der Waals surface area contributed by atoms with E-state index in [9.17, 15) is 9.59 Å². The monoisotopic (exact) mass is 430 g/mol. The van der Waals surface area contributed by atoms with Gasteiger partial charge in [-0.25, -0.2) is 4.79 Å². The molecule has 2 aromatic carbocycles. The van der Waals surface area contributed by atoms with Crippen LogP contribution < -0.4 is 4.90 Å². The largest absolute Gasteiger partial charge is 0.468 e. The SMILES string of the molecule is COC(=O)C1=C(C)N=C2C[C@H](COC=O)C[C@@]23c2ccccc2N(Cc2ccccc2)[C@@H]13. The van der Waals surface area contributed by atoms with Gasteiger partial charge in [-0.2, -0.15) is 0 Å². The quantitative estimate of drug-likeness (QED) is 0.515. The molecular weight excluding hydrogens is 404 g/mol. The van der Waals surface area contributed by atoms with Gasteiger partial charge >= 0.3 is 5.97 Å². The molecule has 0 bridgehead atoms. The van der Waals surface area contributed by atoms with Crippen molar-refractivity contribution in [3.63, 3.8) is 0 Å². The molecule has 2 heterocycles. The van der Waals surface area contributed by atoms with Crippen molar-refractivity contribution in [2.75, 3.05) is 18.6 Å². The van der Waals surface area contributed by atoms with Gasteiger partial charge < -0.3 is 14.4 Å². The fourth-order valence-corrected chi connectivity index (χ4v) is 5.92. The van der Waals surface area contributed by atoms with E-state index in [1.807, 2.05) is 37.3 Å². The first-order valence-corrected chi connectivity index (χ1v) is 10.9. The van der Waals surface area contributed by atoms with Gasteiger partial charge in [-0.1, -0.05) is 48.5 Å². The van der Waals surface area contributed by atoms with Gasteiger partial charge in [0.15, 0.2) is 0 Å². The van der Waals surface area contributed by atoms with E-state index in [2.05, 4.69) is 29.2 Å². The summed E-state index contributed by atoms with van der Waals surface area (Å²) in [7, 11) is 1.42. The molecule has 2 aliphatic heterocycles. The fraction of sp³-hybridized carbons (Fsp3) is 0.346. The number of fused-ring (bicyclic) bond motifs is 1. The number of methoxy groups -OCH3 is 1. The summed E-state index contributed by atoms with van der Waals surface area (Å²) in [5.74, 6) is -0.191. The molecule has 1 spiro atoms. The Hall–Kier alpha value is -3.41.